The van der Waals surface area contributed by atoms with Gasteiger partial charge in [0.25, 0.3) is 0 Å². The average Bonchev–Trinajstić information content (AvgIpc) is 3.27. The van der Waals surface area contributed by atoms with Crippen molar-refractivity contribution in [2.24, 2.45) is 52.3 Å². The van der Waals surface area contributed by atoms with E-state index in [-0.39, 0.29) is 41.3 Å². The highest BCUT2D eigenvalue weighted by Gasteiger charge is 2.65. The van der Waals surface area contributed by atoms with Gasteiger partial charge in [0.05, 0.1) is 12.2 Å². The van der Waals surface area contributed by atoms with Crippen LogP contribution in [0.1, 0.15) is 85.5 Å². The number of rotatable bonds is 7. The molecule has 0 bridgehead atoms. The number of ether oxygens (including phenoxy) is 2. The fraction of sp³-hybridized carbons (Fsp3) is 0.968. The van der Waals surface area contributed by atoms with Gasteiger partial charge in [0.1, 0.15) is 18.3 Å². The maximum absolute atomic E-state index is 12.0. The molecule has 1 heterocycles. The lowest BCUT2D eigenvalue weighted by atomic mass is 9.41. The lowest BCUT2D eigenvalue weighted by Crippen LogP contribution is -2.63. The van der Waals surface area contributed by atoms with E-state index < -0.39 is 42.8 Å². The Labute approximate surface area is 238 Å². The summed E-state index contributed by atoms with van der Waals surface area (Å²) in [5.74, 6) is 1.15. The fourth-order valence-corrected chi connectivity index (χ4v) is 10.8. The number of hydrogen-bond acceptors (Lipinski definition) is 8. The summed E-state index contributed by atoms with van der Waals surface area (Å²) in [4.78, 5) is 11.6. The second-order valence-electron chi connectivity index (χ2n) is 14.5. The van der Waals surface area contributed by atoms with Crippen molar-refractivity contribution in [1.29, 1.82) is 0 Å². The zero-order chi connectivity index (χ0) is 29.1. The number of carboxylic acid groups (broad SMARTS) is 1. The molecule has 16 atom stereocenters. The van der Waals surface area contributed by atoms with Crippen LogP contribution in [-0.2, 0) is 14.3 Å². The monoisotopic (exact) mass is 568 g/mol. The molecular formula is C31H52O9. The van der Waals surface area contributed by atoms with Gasteiger partial charge in [-0.1, -0.05) is 34.1 Å². The van der Waals surface area contributed by atoms with Crippen molar-refractivity contribution in [2.75, 3.05) is 6.61 Å². The highest BCUT2D eigenvalue weighted by molar-refractivity contribution is 5.73. The Balaban J connectivity index is 1.34. The molecule has 0 amide bonds. The molecule has 6 N–H and O–H groups in total. The maximum Gasteiger partial charge on any atom is 0.335 e. The lowest BCUT2D eigenvalue weighted by molar-refractivity contribution is -0.312. The molecule has 0 aromatic rings. The van der Waals surface area contributed by atoms with Crippen LogP contribution >= 0.6 is 0 Å². The third kappa shape index (κ3) is 4.76. The molecule has 0 radical (unpaired) electrons. The molecule has 5 fully saturated rings. The predicted molar refractivity (Wildman–Crippen MR) is 146 cm³/mol. The average molecular weight is 569 g/mol. The molecule has 9 nitrogen and oxygen atoms in total. The van der Waals surface area contributed by atoms with Crippen molar-refractivity contribution in [3.8, 4) is 0 Å². The smallest absolute Gasteiger partial charge is 0.335 e. The molecule has 16 unspecified atom stereocenters. The van der Waals surface area contributed by atoms with E-state index >= 15 is 0 Å². The molecular weight excluding hydrogens is 516 g/mol. The molecule has 5 rings (SSSR count). The topological polar surface area (TPSA) is 157 Å². The van der Waals surface area contributed by atoms with Gasteiger partial charge in [-0.25, -0.2) is 4.79 Å². The van der Waals surface area contributed by atoms with Gasteiger partial charge in [0.15, 0.2) is 12.4 Å². The van der Waals surface area contributed by atoms with Crippen LogP contribution in [0.3, 0.4) is 0 Å². The third-order valence-corrected chi connectivity index (χ3v) is 12.9. The third-order valence-electron chi connectivity index (χ3n) is 12.9. The first-order chi connectivity index (χ1) is 18.9. The molecule has 1 saturated heterocycles. The summed E-state index contributed by atoms with van der Waals surface area (Å²) in [5, 5.41) is 61.9. The number of carboxylic acids is 1. The molecule has 0 spiro atoms. The van der Waals surface area contributed by atoms with Crippen LogP contribution in [-0.4, -0.2) is 86.1 Å². The summed E-state index contributed by atoms with van der Waals surface area (Å²) >= 11 is 0. The van der Waals surface area contributed by atoms with E-state index in [2.05, 4.69) is 27.7 Å². The van der Waals surface area contributed by atoms with Crippen molar-refractivity contribution in [3.63, 3.8) is 0 Å². The molecule has 40 heavy (non-hydrogen) atoms. The second kappa shape index (κ2) is 11.4. The van der Waals surface area contributed by atoms with Crippen molar-refractivity contribution in [2.45, 2.75) is 128 Å². The first kappa shape index (κ1) is 30.6. The zero-order valence-corrected chi connectivity index (χ0v) is 24.6. The lowest BCUT2D eigenvalue weighted by Gasteiger charge is -2.65. The molecule has 230 valence electrons. The van der Waals surface area contributed by atoms with Gasteiger partial charge in [-0.05, 0) is 104 Å². The second-order valence-corrected chi connectivity index (χ2v) is 14.5. The van der Waals surface area contributed by atoms with Crippen LogP contribution in [0.25, 0.3) is 0 Å². The zero-order valence-electron chi connectivity index (χ0n) is 24.6. The van der Waals surface area contributed by atoms with E-state index in [0.29, 0.717) is 30.1 Å². The van der Waals surface area contributed by atoms with Crippen LogP contribution in [0.2, 0.25) is 0 Å². The Bertz CT molecular complexity index is 915. The Morgan fingerprint density at radius 2 is 1.60 bits per heavy atom. The van der Waals surface area contributed by atoms with Crippen molar-refractivity contribution < 1.29 is 44.9 Å². The molecule has 4 aliphatic carbocycles. The summed E-state index contributed by atoms with van der Waals surface area (Å²) in [7, 11) is 0. The van der Waals surface area contributed by atoms with Crippen LogP contribution in [0.5, 0.6) is 0 Å². The van der Waals surface area contributed by atoms with Crippen LogP contribution in [0.4, 0.5) is 0 Å². The number of carbonyl (C=O) groups is 1. The van der Waals surface area contributed by atoms with Crippen LogP contribution in [0.15, 0.2) is 0 Å². The molecule has 0 aromatic carbocycles. The summed E-state index contributed by atoms with van der Waals surface area (Å²) < 4.78 is 11.6. The summed E-state index contributed by atoms with van der Waals surface area (Å²) in [6.07, 6.45) is -0.109. The molecule has 4 saturated carbocycles. The summed E-state index contributed by atoms with van der Waals surface area (Å²) in [6.45, 7) is 9.54. The van der Waals surface area contributed by atoms with Gasteiger partial charge in [0, 0.05) is 6.61 Å². The standard InChI is InChI=1S/C31H52O9/c1-5-17-21-14-16(39-29-26(36)24(34)25(35)27(40-29)28(37)38)8-11-31(21,4)20-9-12-30(3)18(15(2)10-13-32)6-7-19(30)22(20)23(17)33/h15-27,29,32-36H,5-14H2,1-4H3,(H,37,38). The molecule has 5 aliphatic rings. The maximum atomic E-state index is 12.0. The minimum atomic E-state index is -1.74. The quantitative estimate of drug-likeness (QED) is 0.254. The van der Waals surface area contributed by atoms with Gasteiger partial charge in [-0.2, -0.15) is 0 Å². The fourth-order valence-electron chi connectivity index (χ4n) is 10.8. The van der Waals surface area contributed by atoms with E-state index in [1.54, 1.807) is 0 Å². The molecule has 1 aliphatic heterocycles. The molecule has 0 aromatic heterocycles. The van der Waals surface area contributed by atoms with Gasteiger partial charge < -0.3 is 40.1 Å². The largest absolute Gasteiger partial charge is 0.479 e. The van der Waals surface area contributed by atoms with Crippen LogP contribution < -0.4 is 0 Å². The van der Waals surface area contributed by atoms with E-state index in [1.165, 1.54) is 6.42 Å². The van der Waals surface area contributed by atoms with Crippen molar-refractivity contribution in [1.82, 2.24) is 0 Å². The molecule has 9 heteroatoms. The van der Waals surface area contributed by atoms with Gasteiger partial charge in [0.2, 0.25) is 0 Å². The van der Waals surface area contributed by atoms with E-state index in [9.17, 15) is 35.4 Å². The van der Waals surface area contributed by atoms with Gasteiger partial charge >= 0.3 is 5.97 Å². The van der Waals surface area contributed by atoms with Gasteiger partial charge in [-0.3, -0.25) is 0 Å². The minimum Gasteiger partial charge on any atom is -0.479 e. The summed E-state index contributed by atoms with van der Waals surface area (Å²) in [6, 6.07) is 0. The van der Waals surface area contributed by atoms with Crippen LogP contribution in [0, 0.1) is 52.3 Å². The number of hydrogen-bond donors (Lipinski definition) is 6. The Hall–Kier alpha value is -0.810. The van der Waals surface area contributed by atoms with Crippen molar-refractivity contribution >= 4 is 5.97 Å². The number of aliphatic hydroxyl groups excluding tert-OH is 5. The van der Waals surface area contributed by atoms with E-state index in [1.807, 2.05) is 0 Å². The Kier molecular flexibility index (Phi) is 8.70. The van der Waals surface area contributed by atoms with E-state index in [0.717, 1.165) is 44.9 Å². The minimum absolute atomic E-state index is 0.0475. The first-order valence-corrected chi connectivity index (χ1v) is 15.8. The number of fused-ring (bicyclic) bond motifs is 5. The highest BCUT2D eigenvalue weighted by Crippen LogP contribution is 2.69. The summed E-state index contributed by atoms with van der Waals surface area (Å²) in [5.41, 5.74) is 0.241. The normalized spacial score (nSPS) is 53.3. The highest BCUT2D eigenvalue weighted by atomic mass is 16.7. The van der Waals surface area contributed by atoms with Gasteiger partial charge in [-0.15, -0.1) is 0 Å². The SMILES string of the molecule is CCC1C(O)C2C3CCC(C(C)CCO)C3(C)CCC2C2(C)CCC(OC3OC(C(=O)O)C(O)C(O)C3O)CC12. The van der Waals surface area contributed by atoms with Crippen molar-refractivity contribution in [3.05, 3.63) is 0 Å². The predicted octanol–water partition coefficient (Wildman–Crippen LogP) is 2.55. The Morgan fingerprint density at radius 3 is 2.25 bits per heavy atom. The Morgan fingerprint density at radius 1 is 0.925 bits per heavy atom. The van der Waals surface area contributed by atoms with E-state index in [4.69, 9.17) is 9.47 Å². The number of aliphatic carboxylic acids is 1. The first-order valence-electron chi connectivity index (χ1n) is 15.8. The number of aliphatic hydroxyl groups is 5.